The van der Waals surface area contributed by atoms with Gasteiger partial charge in [0.15, 0.2) is 0 Å². The fourth-order valence-corrected chi connectivity index (χ4v) is 3.72. The van der Waals surface area contributed by atoms with Crippen LogP contribution in [0.2, 0.25) is 0 Å². The second-order valence-corrected chi connectivity index (χ2v) is 7.48. The predicted octanol–water partition coefficient (Wildman–Crippen LogP) is 3.78. The van der Waals surface area contributed by atoms with Gasteiger partial charge in [-0.1, -0.05) is 6.07 Å². The fraction of sp³-hybridized carbons (Fsp3) is 0.381. The lowest BCUT2D eigenvalue weighted by Crippen LogP contribution is -2.49. The number of benzene rings is 2. The summed E-state index contributed by atoms with van der Waals surface area (Å²) in [4.78, 5) is 17.9. The topological polar surface area (TPSA) is 54.0 Å². The monoisotopic (exact) mass is 401 g/mol. The number of methoxy groups -OCH3 is 2. The Labute approximate surface area is 170 Å². The van der Waals surface area contributed by atoms with Crippen molar-refractivity contribution in [2.24, 2.45) is 0 Å². The summed E-state index contributed by atoms with van der Waals surface area (Å²) in [7, 11) is 3.34. The van der Waals surface area contributed by atoms with E-state index in [4.69, 9.17) is 9.47 Å². The number of anilines is 1. The first kappa shape index (κ1) is 20.4. The summed E-state index contributed by atoms with van der Waals surface area (Å²) in [6.07, 6.45) is 2.03. The number of rotatable bonds is 6. The molecule has 1 fully saturated rings. The van der Waals surface area contributed by atoms with Crippen molar-refractivity contribution in [1.82, 2.24) is 9.80 Å². The van der Waals surface area contributed by atoms with Crippen LogP contribution in [0.15, 0.2) is 47.4 Å². The molecule has 7 heteroatoms. The average Bonchev–Trinajstić information content (AvgIpc) is 2.74. The van der Waals surface area contributed by atoms with E-state index in [-0.39, 0.29) is 6.03 Å². The molecule has 0 radical (unpaired) electrons. The number of carbonyl (C=O) groups excluding carboxylic acids is 1. The van der Waals surface area contributed by atoms with Crippen LogP contribution in [0.1, 0.15) is 5.56 Å². The van der Waals surface area contributed by atoms with E-state index < -0.39 is 0 Å². The van der Waals surface area contributed by atoms with Gasteiger partial charge in [-0.25, -0.2) is 4.79 Å². The molecule has 1 N–H and O–H groups in total. The van der Waals surface area contributed by atoms with Crippen LogP contribution in [0, 0.1) is 0 Å². The van der Waals surface area contributed by atoms with Gasteiger partial charge in [0.2, 0.25) is 0 Å². The van der Waals surface area contributed by atoms with Crippen molar-refractivity contribution in [3.8, 4) is 11.5 Å². The van der Waals surface area contributed by atoms with Crippen LogP contribution in [0.5, 0.6) is 11.5 Å². The number of urea groups is 1. The SMILES string of the molecule is COc1ccc(OC)c(CN2CCN(C(=O)Nc3cccc(SC)c3)CC2)c1. The van der Waals surface area contributed by atoms with Gasteiger partial charge in [0.05, 0.1) is 14.2 Å². The highest BCUT2D eigenvalue weighted by molar-refractivity contribution is 7.98. The summed E-state index contributed by atoms with van der Waals surface area (Å²) >= 11 is 1.66. The smallest absolute Gasteiger partial charge is 0.321 e. The normalized spacial score (nSPS) is 14.6. The summed E-state index contributed by atoms with van der Waals surface area (Å²) in [6, 6.07) is 13.7. The van der Waals surface area contributed by atoms with E-state index in [1.54, 1.807) is 26.0 Å². The van der Waals surface area contributed by atoms with Gasteiger partial charge in [-0.05, 0) is 42.7 Å². The Bertz CT molecular complexity index is 807. The first-order chi connectivity index (χ1) is 13.6. The minimum atomic E-state index is -0.0446. The molecule has 1 heterocycles. The van der Waals surface area contributed by atoms with Gasteiger partial charge < -0.3 is 19.7 Å². The molecule has 28 heavy (non-hydrogen) atoms. The Morgan fingerprint density at radius 3 is 2.54 bits per heavy atom. The number of thioether (sulfide) groups is 1. The van der Waals surface area contributed by atoms with Gasteiger partial charge in [0.1, 0.15) is 11.5 Å². The zero-order valence-electron chi connectivity index (χ0n) is 16.6. The quantitative estimate of drug-likeness (QED) is 0.747. The molecule has 0 spiro atoms. The Morgan fingerprint density at radius 1 is 1.07 bits per heavy atom. The van der Waals surface area contributed by atoms with E-state index in [0.29, 0.717) is 13.1 Å². The maximum absolute atomic E-state index is 12.6. The highest BCUT2D eigenvalue weighted by atomic mass is 32.2. The van der Waals surface area contributed by atoms with Crippen molar-refractivity contribution < 1.29 is 14.3 Å². The third-order valence-electron chi connectivity index (χ3n) is 4.86. The van der Waals surface area contributed by atoms with Gasteiger partial charge in [0, 0.05) is 48.9 Å². The minimum absolute atomic E-state index is 0.0446. The number of hydrogen-bond acceptors (Lipinski definition) is 5. The molecular formula is C21H27N3O3S. The average molecular weight is 402 g/mol. The largest absolute Gasteiger partial charge is 0.497 e. The van der Waals surface area contributed by atoms with Crippen molar-refractivity contribution in [2.75, 3.05) is 52.0 Å². The van der Waals surface area contributed by atoms with Crippen molar-refractivity contribution in [1.29, 1.82) is 0 Å². The summed E-state index contributed by atoms with van der Waals surface area (Å²) in [5, 5.41) is 3.00. The summed E-state index contributed by atoms with van der Waals surface area (Å²) in [5.41, 5.74) is 1.93. The Balaban J connectivity index is 1.55. The standard InChI is InChI=1S/C21H27N3O3S/c1-26-18-7-8-20(27-2)16(13-18)15-23-9-11-24(12-10-23)21(25)22-17-5-4-6-19(14-17)28-3/h4-8,13-14H,9-12,15H2,1-3H3,(H,22,25). The predicted molar refractivity (Wildman–Crippen MR) is 114 cm³/mol. The van der Waals surface area contributed by atoms with Crippen molar-refractivity contribution in [3.63, 3.8) is 0 Å². The molecule has 2 aromatic rings. The van der Waals surface area contributed by atoms with Crippen LogP contribution in [0.4, 0.5) is 10.5 Å². The molecule has 2 amide bonds. The van der Waals surface area contributed by atoms with Crippen LogP contribution < -0.4 is 14.8 Å². The van der Waals surface area contributed by atoms with Gasteiger partial charge in [-0.3, -0.25) is 4.90 Å². The Hall–Kier alpha value is -2.38. The molecule has 0 aromatic heterocycles. The second kappa shape index (κ2) is 9.71. The molecular weight excluding hydrogens is 374 g/mol. The molecule has 6 nitrogen and oxygen atoms in total. The molecule has 0 saturated carbocycles. The third-order valence-corrected chi connectivity index (χ3v) is 5.59. The number of carbonyl (C=O) groups is 1. The number of nitrogens with one attached hydrogen (secondary N) is 1. The lowest BCUT2D eigenvalue weighted by Gasteiger charge is -2.35. The lowest BCUT2D eigenvalue weighted by molar-refractivity contribution is 0.142. The van der Waals surface area contributed by atoms with E-state index >= 15 is 0 Å². The van der Waals surface area contributed by atoms with Gasteiger partial charge in [-0.2, -0.15) is 0 Å². The fourth-order valence-electron chi connectivity index (χ4n) is 3.26. The molecule has 1 aliphatic rings. The zero-order chi connectivity index (χ0) is 19.9. The maximum Gasteiger partial charge on any atom is 0.321 e. The number of piperazine rings is 1. The second-order valence-electron chi connectivity index (χ2n) is 6.60. The zero-order valence-corrected chi connectivity index (χ0v) is 17.4. The number of amides is 2. The molecule has 2 aromatic carbocycles. The number of hydrogen-bond donors (Lipinski definition) is 1. The van der Waals surface area contributed by atoms with Gasteiger partial charge in [0.25, 0.3) is 0 Å². The molecule has 0 unspecified atom stereocenters. The molecule has 1 aliphatic heterocycles. The Morgan fingerprint density at radius 2 is 1.86 bits per heavy atom. The van der Waals surface area contributed by atoms with E-state index in [2.05, 4.69) is 10.2 Å². The summed E-state index contributed by atoms with van der Waals surface area (Å²) in [5.74, 6) is 1.68. The first-order valence-electron chi connectivity index (χ1n) is 9.26. The van der Waals surface area contributed by atoms with E-state index in [1.165, 1.54) is 0 Å². The molecule has 150 valence electrons. The summed E-state index contributed by atoms with van der Waals surface area (Å²) < 4.78 is 10.8. The van der Waals surface area contributed by atoms with Gasteiger partial charge >= 0.3 is 6.03 Å². The van der Waals surface area contributed by atoms with Crippen LogP contribution in [-0.4, -0.2) is 62.5 Å². The Kier molecular flexibility index (Phi) is 7.06. The highest BCUT2D eigenvalue weighted by Gasteiger charge is 2.22. The molecule has 0 aliphatic carbocycles. The molecule has 0 bridgehead atoms. The molecule has 3 rings (SSSR count). The van der Waals surface area contributed by atoms with E-state index in [1.807, 2.05) is 53.6 Å². The number of nitrogens with zero attached hydrogens (tertiary/aromatic N) is 2. The van der Waals surface area contributed by atoms with Crippen LogP contribution in [0.3, 0.4) is 0 Å². The van der Waals surface area contributed by atoms with Crippen molar-refractivity contribution in [3.05, 3.63) is 48.0 Å². The van der Waals surface area contributed by atoms with Crippen LogP contribution in [0.25, 0.3) is 0 Å². The molecule has 0 atom stereocenters. The van der Waals surface area contributed by atoms with Crippen molar-refractivity contribution >= 4 is 23.5 Å². The van der Waals surface area contributed by atoms with Crippen LogP contribution in [-0.2, 0) is 6.54 Å². The minimum Gasteiger partial charge on any atom is -0.497 e. The first-order valence-corrected chi connectivity index (χ1v) is 10.5. The maximum atomic E-state index is 12.6. The van der Waals surface area contributed by atoms with Crippen molar-refractivity contribution in [2.45, 2.75) is 11.4 Å². The van der Waals surface area contributed by atoms with Crippen LogP contribution >= 0.6 is 11.8 Å². The highest BCUT2D eigenvalue weighted by Crippen LogP contribution is 2.26. The number of ether oxygens (including phenoxy) is 2. The van der Waals surface area contributed by atoms with E-state index in [9.17, 15) is 4.79 Å². The summed E-state index contributed by atoms with van der Waals surface area (Å²) in [6.45, 7) is 3.80. The van der Waals surface area contributed by atoms with E-state index in [0.717, 1.165) is 47.3 Å². The molecule has 1 saturated heterocycles. The third kappa shape index (κ3) is 5.11. The lowest BCUT2D eigenvalue weighted by atomic mass is 10.1. The van der Waals surface area contributed by atoms with Gasteiger partial charge in [-0.15, -0.1) is 11.8 Å².